The second-order valence-corrected chi connectivity index (χ2v) is 7.82. The summed E-state index contributed by atoms with van der Waals surface area (Å²) in [5.74, 6) is 0.838. The second kappa shape index (κ2) is 7.04. The first-order chi connectivity index (χ1) is 14.1. The van der Waals surface area contributed by atoms with E-state index in [1.165, 1.54) is 18.3 Å². The Kier molecular flexibility index (Phi) is 4.35. The second-order valence-electron chi connectivity index (χ2n) is 7.82. The molecule has 3 aromatic rings. The first-order valence-electron chi connectivity index (χ1n) is 9.76. The van der Waals surface area contributed by atoms with Crippen molar-refractivity contribution in [3.05, 3.63) is 54.4 Å². The highest BCUT2D eigenvalue weighted by Gasteiger charge is 2.40. The topological polar surface area (TPSA) is 97.0 Å². The van der Waals surface area contributed by atoms with Gasteiger partial charge < -0.3 is 16.0 Å². The third kappa shape index (κ3) is 3.29. The summed E-state index contributed by atoms with van der Waals surface area (Å²) >= 11 is 0. The first-order valence-corrected chi connectivity index (χ1v) is 9.76. The lowest BCUT2D eigenvalue weighted by Gasteiger charge is -2.36. The number of carbonyl (C=O) groups excluding carboxylic acids is 1. The number of hydrogen-bond acceptors (Lipinski definition) is 6. The number of nitrogens with one attached hydrogen (secondary N) is 1. The van der Waals surface area contributed by atoms with Gasteiger partial charge in [0.2, 0.25) is 0 Å². The smallest absolute Gasteiger partial charge is 0.275 e. The number of nitrogens with two attached hydrogens (primary N) is 1. The molecule has 7 nitrogen and oxygen atoms in total. The van der Waals surface area contributed by atoms with Crippen LogP contribution in [0.1, 0.15) is 23.3 Å². The average Bonchev–Trinajstić information content (AvgIpc) is 2.93. The van der Waals surface area contributed by atoms with Gasteiger partial charge in [0.15, 0.2) is 0 Å². The highest BCUT2D eigenvalue weighted by molar-refractivity contribution is 6.07. The van der Waals surface area contributed by atoms with Gasteiger partial charge in [-0.05, 0) is 42.9 Å². The summed E-state index contributed by atoms with van der Waals surface area (Å²) in [5.41, 5.74) is 7.25. The van der Waals surface area contributed by atoms with Gasteiger partial charge in [-0.15, -0.1) is 0 Å². The quantitative estimate of drug-likeness (QED) is 0.711. The monoisotopic (exact) mass is 392 g/mol. The van der Waals surface area contributed by atoms with Crippen molar-refractivity contribution in [1.29, 1.82) is 0 Å². The van der Waals surface area contributed by atoms with Gasteiger partial charge in [-0.1, -0.05) is 6.07 Å². The van der Waals surface area contributed by atoms with Crippen molar-refractivity contribution < 1.29 is 9.18 Å². The summed E-state index contributed by atoms with van der Waals surface area (Å²) < 4.78 is 13.9. The Hall–Kier alpha value is -3.13. The van der Waals surface area contributed by atoms with E-state index >= 15 is 0 Å². The summed E-state index contributed by atoms with van der Waals surface area (Å²) in [6, 6.07) is 6.37. The molecule has 1 saturated carbocycles. The van der Waals surface area contributed by atoms with Gasteiger partial charge in [-0.2, -0.15) is 0 Å². The number of nitrogens with zero attached hydrogens (tertiary/aromatic N) is 4. The largest absolute Gasteiger partial charge is 0.355 e. The lowest BCUT2D eigenvalue weighted by atomic mass is 9.93. The molecule has 148 valence electrons. The SMILES string of the molecule is NC1C2CCC1CN(c1cnc(C(=O)Nc3cc(F)cc4cccnc34)cn1)C2. The number of anilines is 2. The Labute approximate surface area is 167 Å². The van der Waals surface area contributed by atoms with Crippen LogP contribution in [0, 0.1) is 17.7 Å². The van der Waals surface area contributed by atoms with Crippen LogP contribution in [0.5, 0.6) is 0 Å². The van der Waals surface area contributed by atoms with Crippen molar-refractivity contribution >= 4 is 28.3 Å². The van der Waals surface area contributed by atoms with Crippen molar-refractivity contribution in [2.24, 2.45) is 17.6 Å². The summed E-state index contributed by atoms with van der Waals surface area (Å²) in [6.07, 6.45) is 6.99. The van der Waals surface area contributed by atoms with E-state index < -0.39 is 11.7 Å². The lowest BCUT2D eigenvalue weighted by molar-refractivity contribution is 0.102. The Bertz CT molecular complexity index is 1060. The molecular formula is C21H21FN6O. The Morgan fingerprint density at radius 1 is 1.14 bits per heavy atom. The van der Waals surface area contributed by atoms with Gasteiger partial charge in [-0.25, -0.2) is 14.4 Å². The minimum atomic E-state index is -0.456. The van der Waals surface area contributed by atoms with E-state index in [1.807, 2.05) is 0 Å². The molecule has 2 unspecified atom stereocenters. The molecule has 2 aliphatic rings. The predicted octanol–water partition coefficient (Wildman–Crippen LogP) is 2.59. The molecule has 2 fully saturated rings. The highest BCUT2D eigenvalue weighted by Crippen LogP contribution is 2.36. The fourth-order valence-corrected chi connectivity index (χ4v) is 4.49. The number of piperidine rings is 1. The minimum absolute atomic E-state index is 0.166. The van der Waals surface area contributed by atoms with Crippen molar-refractivity contribution in [2.45, 2.75) is 18.9 Å². The Balaban J connectivity index is 1.34. The molecular weight excluding hydrogens is 371 g/mol. The maximum Gasteiger partial charge on any atom is 0.275 e. The number of amides is 1. The third-order valence-corrected chi connectivity index (χ3v) is 6.02. The molecule has 1 aliphatic heterocycles. The van der Waals surface area contributed by atoms with Crippen LogP contribution in [-0.4, -0.2) is 40.0 Å². The first kappa shape index (κ1) is 17.9. The maximum absolute atomic E-state index is 13.9. The van der Waals surface area contributed by atoms with Crippen LogP contribution in [-0.2, 0) is 0 Å². The van der Waals surface area contributed by atoms with E-state index in [-0.39, 0.29) is 11.7 Å². The molecule has 3 heterocycles. The number of aromatic nitrogens is 3. The number of benzene rings is 1. The van der Waals surface area contributed by atoms with Gasteiger partial charge in [-0.3, -0.25) is 9.78 Å². The zero-order valence-corrected chi connectivity index (χ0v) is 15.8. The summed E-state index contributed by atoms with van der Waals surface area (Å²) in [4.78, 5) is 27.8. The molecule has 1 aliphatic carbocycles. The molecule has 2 bridgehead atoms. The standard InChI is InChI=1S/C21H21FN6O/c22-15-6-12-2-1-5-24-20(12)16(7-15)27-21(29)17-8-26-18(9-25-17)28-10-13-3-4-14(11-28)19(13)23/h1-2,5-9,13-14,19H,3-4,10-11,23H2,(H,27,29). The Morgan fingerprint density at radius 3 is 2.66 bits per heavy atom. The highest BCUT2D eigenvalue weighted by atomic mass is 19.1. The van der Waals surface area contributed by atoms with Crippen molar-refractivity contribution in [3.63, 3.8) is 0 Å². The zero-order valence-electron chi connectivity index (χ0n) is 15.8. The van der Waals surface area contributed by atoms with E-state index in [2.05, 4.69) is 25.2 Å². The summed E-state index contributed by atoms with van der Waals surface area (Å²) in [5, 5.41) is 3.31. The molecule has 0 radical (unpaired) electrons. The van der Waals surface area contributed by atoms with Crippen molar-refractivity contribution in [1.82, 2.24) is 15.0 Å². The van der Waals surface area contributed by atoms with E-state index in [4.69, 9.17) is 5.73 Å². The van der Waals surface area contributed by atoms with Crippen molar-refractivity contribution in [2.75, 3.05) is 23.3 Å². The minimum Gasteiger partial charge on any atom is -0.355 e. The molecule has 8 heteroatoms. The van der Waals surface area contributed by atoms with E-state index in [9.17, 15) is 9.18 Å². The molecule has 0 spiro atoms. The number of carbonyl (C=O) groups is 1. The molecule has 5 rings (SSSR count). The van der Waals surface area contributed by atoms with Crippen LogP contribution in [0.2, 0.25) is 0 Å². The Morgan fingerprint density at radius 2 is 1.93 bits per heavy atom. The van der Waals surface area contributed by atoms with Gasteiger partial charge in [0.1, 0.15) is 17.3 Å². The molecule has 2 atom stereocenters. The van der Waals surface area contributed by atoms with E-state index in [1.54, 1.807) is 24.5 Å². The summed E-state index contributed by atoms with van der Waals surface area (Å²) in [7, 11) is 0. The fraction of sp³-hybridized carbons (Fsp3) is 0.333. The average molecular weight is 392 g/mol. The van der Waals surface area contributed by atoms with E-state index in [0.29, 0.717) is 28.4 Å². The summed E-state index contributed by atoms with van der Waals surface area (Å²) in [6.45, 7) is 1.75. The number of pyridine rings is 1. The van der Waals surface area contributed by atoms with Gasteiger partial charge in [0.25, 0.3) is 5.91 Å². The van der Waals surface area contributed by atoms with Crippen molar-refractivity contribution in [3.8, 4) is 0 Å². The number of hydrogen-bond donors (Lipinski definition) is 2. The normalized spacial score (nSPS) is 23.4. The van der Waals surface area contributed by atoms with Crippen LogP contribution in [0.15, 0.2) is 42.9 Å². The van der Waals surface area contributed by atoms with Gasteiger partial charge in [0.05, 0.1) is 23.6 Å². The van der Waals surface area contributed by atoms with Crippen LogP contribution in [0.3, 0.4) is 0 Å². The molecule has 1 saturated heterocycles. The number of rotatable bonds is 3. The molecule has 1 aromatic carbocycles. The molecule has 29 heavy (non-hydrogen) atoms. The lowest BCUT2D eigenvalue weighted by Crippen LogP contribution is -2.49. The maximum atomic E-state index is 13.9. The van der Waals surface area contributed by atoms with Crippen LogP contribution < -0.4 is 16.0 Å². The number of fused-ring (bicyclic) bond motifs is 3. The van der Waals surface area contributed by atoms with Gasteiger partial charge >= 0.3 is 0 Å². The molecule has 1 amide bonds. The van der Waals surface area contributed by atoms with Crippen LogP contribution in [0.25, 0.3) is 10.9 Å². The van der Waals surface area contributed by atoms with E-state index in [0.717, 1.165) is 31.7 Å². The molecule has 2 aromatic heterocycles. The van der Waals surface area contributed by atoms with Crippen LogP contribution >= 0.6 is 0 Å². The van der Waals surface area contributed by atoms with Gasteiger partial charge in [0, 0.05) is 30.7 Å². The predicted molar refractivity (Wildman–Crippen MR) is 108 cm³/mol. The fourth-order valence-electron chi connectivity index (χ4n) is 4.49. The zero-order chi connectivity index (χ0) is 20.0. The van der Waals surface area contributed by atoms with Crippen LogP contribution in [0.4, 0.5) is 15.9 Å². The third-order valence-electron chi connectivity index (χ3n) is 6.02. The number of halogens is 1. The molecule has 3 N–H and O–H groups in total.